The van der Waals surface area contributed by atoms with Crippen LogP contribution in [-0.4, -0.2) is 22.3 Å². The maximum atomic E-state index is 13.0. The van der Waals surface area contributed by atoms with E-state index in [1.807, 2.05) is 30.5 Å². The van der Waals surface area contributed by atoms with E-state index in [2.05, 4.69) is 4.57 Å². The lowest BCUT2D eigenvalue weighted by molar-refractivity contribution is -0.686. The number of fused-ring (bicyclic) bond motifs is 5. The lowest BCUT2D eigenvalue weighted by atomic mass is 9.95. The van der Waals surface area contributed by atoms with Gasteiger partial charge in [0.05, 0.1) is 18.1 Å². The molecule has 2 aliphatic rings. The summed E-state index contributed by atoms with van der Waals surface area (Å²) in [5.41, 5.74) is 3.28. The summed E-state index contributed by atoms with van der Waals surface area (Å²) in [4.78, 5) is 0.0830. The van der Waals surface area contributed by atoms with Crippen molar-refractivity contribution in [2.75, 3.05) is 13.9 Å². The third-order valence-corrected chi connectivity index (χ3v) is 7.26. The second-order valence-corrected chi connectivity index (χ2v) is 9.46. The first-order valence-electron chi connectivity index (χ1n) is 10.5. The summed E-state index contributed by atoms with van der Waals surface area (Å²) < 4.78 is 50.2. The standard InChI is InChI=1S/C25H20NO6S/c1-29-22-8-7-16-11-21-19-13-24-23(30-15-31-24)12-17(19)9-10-26(21)14-20(16)25(22)32-33(27,28)18-5-3-2-4-6-18/h2-8,11-14H,9-10,15H2,1H3/q+1. The first-order chi connectivity index (χ1) is 16.0. The molecule has 166 valence electrons. The number of rotatable bonds is 4. The Kier molecular flexibility index (Phi) is 4.45. The molecule has 1 aromatic heterocycles. The summed E-state index contributed by atoms with van der Waals surface area (Å²) in [6.07, 6.45) is 2.74. The van der Waals surface area contributed by atoms with Crippen LogP contribution >= 0.6 is 0 Å². The molecule has 8 heteroatoms. The van der Waals surface area contributed by atoms with Crippen LogP contribution in [0.3, 0.4) is 0 Å². The van der Waals surface area contributed by atoms with Crippen LogP contribution in [0.25, 0.3) is 22.0 Å². The van der Waals surface area contributed by atoms with Gasteiger partial charge in [0.25, 0.3) is 0 Å². The molecule has 2 aliphatic heterocycles. The molecule has 6 rings (SSSR count). The quantitative estimate of drug-likeness (QED) is 0.339. The minimum absolute atomic E-state index is 0.0830. The molecule has 4 aromatic rings. The number of pyridine rings is 1. The van der Waals surface area contributed by atoms with Gasteiger partial charge in [-0.1, -0.05) is 18.2 Å². The van der Waals surface area contributed by atoms with Crippen molar-refractivity contribution in [3.63, 3.8) is 0 Å². The van der Waals surface area contributed by atoms with Crippen molar-refractivity contribution in [1.29, 1.82) is 0 Å². The fourth-order valence-corrected chi connectivity index (χ4v) is 5.37. The molecule has 0 saturated heterocycles. The first-order valence-corrected chi connectivity index (χ1v) is 11.9. The lowest BCUT2D eigenvalue weighted by Crippen LogP contribution is -2.40. The molecular formula is C25H20NO6S+. The number of hydrogen-bond acceptors (Lipinski definition) is 6. The van der Waals surface area contributed by atoms with Crippen LogP contribution in [0.1, 0.15) is 5.56 Å². The van der Waals surface area contributed by atoms with Gasteiger partial charge in [0.15, 0.2) is 35.7 Å². The number of aromatic nitrogens is 1. The highest BCUT2D eigenvalue weighted by atomic mass is 32.2. The smallest absolute Gasteiger partial charge is 0.339 e. The van der Waals surface area contributed by atoms with E-state index in [1.54, 1.807) is 24.3 Å². The van der Waals surface area contributed by atoms with E-state index in [1.165, 1.54) is 24.8 Å². The zero-order chi connectivity index (χ0) is 22.6. The minimum atomic E-state index is -4.03. The van der Waals surface area contributed by atoms with Gasteiger partial charge in [0.2, 0.25) is 12.5 Å². The van der Waals surface area contributed by atoms with Crippen molar-refractivity contribution in [2.24, 2.45) is 0 Å². The molecule has 0 atom stereocenters. The number of hydrogen-bond donors (Lipinski definition) is 0. The minimum Gasteiger partial charge on any atom is -0.493 e. The normalized spacial score (nSPS) is 14.0. The Morgan fingerprint density at radius 2 is 1.76 bits per heavy atom. The Bertz CT molecular complexity index is 1520. The molecule has 3 heterocycles. The molecule has 0 amide bonds. The van der Waals surface area contributed by atoms with Gasteiger partial charge in [-0.2, -0.15) is 13.0 Å². The van der Waals surface area contributed by atoms with E-state index in [4.69, 9.17) is 18.4 Å². The monoisotopic (exact) mass is 462 g/mol. The molecule has 0 saturated carbocycles. The van der Waals surface area contributed by atoms with Gasteiger partial charge in [0, 0.05) is 12.5 Å². The van der Waals surface area contributed by atoms with E-state index in [0.29, 0.717) is 11.1 Å². The summed E-state index contributed by atoms with van der Waals surface area (Å²) in [5, 5.41) is 1.49. The fourth-order valence-electron chi connectivity index (χ4n) is 4.39. The number of ether oxygens (including phenoxy) is 3. The summed E-state index contributed by atoms with van der Waals surface area (Å²) in [6, 6.07) is 17.8. The molecule has 33 heavy (non-hydrogen) atoms. The van der Waals surface area contributed by atoms with Crippen molar-refractivity contribution >= 4 is 20.9 Å². The van der Waals surface area contributed by atoms with Crippen LogP contribution in [0.2, 0.25) is 0 Å². The van der Waals surface area contributed by atoms with Crippen molar-refractivity contribution < 1.29 is 31.4 Å². The zero-order valence-corrected chi connectivity index (χ0v) is 18.6. The van der Waals surface area contributed by atoms with Gasteiger partial charge < -0.3 is 18.4 Å². The average Bonchev–Trinajstić information content (AvgIpc) is 3.30. The molecule has 3 aromatic carbocycles. The summed E-state index contributed by atoms with van der Waals surface area (Å²) in [5.74, 6) is 2.03. The van der Waals surface area contributed by atoms with Gasteiger partial charge in [-0.15, -0.1) is 0 Å². The zero-order valence-electron chi connectivity index (χ0n) is 17.8. The predicted molar refractivity (Wildman–Crippen MR) is 120 cm³/mol. The molecule has 0 bridgehead atoms. The molecule has 0 fully saturated rings. The second kappa shape index (κ2) is 7.38. The van der Waals surface area contributed by atoms with Crippen molar-refractivity contribution in [3.8, 4) is 34.3 Å². The van der Waals surface area contributed by atoms with Gasteiger partial charge in [-0.25, -0.2) is 0 Å². The van der Waals surface area contributed by atoms with E-state index >= 15 is 0 Å². The summed E-state index contributed by atoms with van der Waals surface area (Å²) in [6.45, 7) is 0.965. The topological polar surface area (TPSA) is 74.9 Å². The molecule has 7 nitrogen and oxygen atoms in total. The van der Waals surface area contributed by atoms with Crippen LogP contribution < -0.4 is 23.0 Å². The average molecular weight is 463 g/mol. The number of aryl methyl sites for hydroxylation is 2. The van der Waals surface area contributed by atoms with Crippen molar-refractivity contribution in [1.82, 2.24) is 0 Å². The maximum absolute atomic E-state index is 13.0. The van der Waals surface area contributed by atoms with Gasteiger partial charge >= 0.3 is 10.1 Å². The molecule has 0 spiro atoms. The SMILES string of the molecule is COc1ccc2cc3[n+](cc2c1OS(=O)(=O)c1ccccc1)CCc1cc2c(cc1-3)OCO2. The van der Waals surface area contributed by atoms with Crippen LogP contribution in [0.5, 0.6) is 23.0 Å². The summed E-state index contributed by atoms with van der Waals surface area (Å²) in [7, 11) is -2.54. The van der Waals surface area contributed by atoms with Gasteiger partial charge in [0.1, 0.15) is 4.90 Å². The molecule has 0 radical (unpaired) electrons. The van der Waals surface area contributed by atoms with Crippen molar-refractivity contribution in [3.05, 3.63) is 72.4 Å². The molecular weight excluding hydrogens is 442 g/mol. The Balaban J connectivity index is 1.51. The summed E-state index contributed by atoms with van der Waals surface area (Å²) >= 11 is 0. The Morgan fingerprint density at radius 3 is 2.55 bits per heavy atom. The molecule has 0 unspecified atom stereocenters. The van der Waals surface area contributed by atoms with Crippen LogP contribution in [0.15, 0.2) is 71.8 Å². The number of benzene rings is 3. The lowest BCUT2D eigenvalue weighted by Gasteiger charge is -2.17. The molecule has 0 aliphatic carbocycles. The Labute approximate surface area is 190 Å². The largest absolute Gasteiger partial charge is 0.493 e. The highest BCUT2D eigenvalue weighted by Gasteiger charge is 2.29. The highest BCUT2D eigenvalue weighted by Crippen LogP contribution is 2.42. The third kappa shape index (κ3) is 3.25. The number of methoxy groups -OCH3 is 1. The van der Waals surface area contributed by atoms with Gasteiger partial charge in [-0.3, -0.25) is 0 Å². The fraction of sp³-hybridized carbons (Fsp3) is 0.160. The molecule has 0 N–H and O–H groups in total. The van der Waals surface area contributed by atoms with Crippen molar-refractivity contribution in [2.45, 2.75) is 17.9 Å². The van der Waals surface area contributed by atoms with Crippen LogP contribution in [-0.2, 0) is 23.1 Å². The third-order valence-electron chi connectivity index (χ3n) is 6.02. The van der Waals surface area contributed by atoms with Gasteiger partial charge in [-0.05, 0) is 47.3 Å². The predicted octanol–water partition coefficient (Wildman–Crippen LogP) is 3.86. The van der Waals surface area contributed by atoms with E-state index in [9.17, 15) is 8.42 Å². The van der Waals surface area contributed by atoms with E-state index in [-0.39, 0.29) is 17.4 Å². The first kappa shape index (κ1) is 19.9. The highest BCUT2D eigenvalue weighted by molar-refractivity contribution is 7.87. The Morgan fingerprint density at radius 1 is 0.970 bits per heavy atom. The van der Waals surface area contributed by atoms with E-state index in [0.717, 1.165) is 41.1 Å². The number of nitrogens with zero attached hydrogens (tertiary/aromatic N) is 1. The second-order valence-electron chi connectivity index (χ2n) is 7.92. The van der Waals surface area contributed by atoms with E-state index < -0.39 is 10.1 Å². The van der Waals surface area contributed by atoms with Crippen LogP contribution in [0, 0.1) is 0 Å². The maximum Gasteiger partial charge on any atom is 0.339 e. The van der Waals surface area contributed by atoms with Crippen LogP contribution in [0.4, 0.5) is 0 Å². The Hall–Kier alpha value is -3.78.